The first-order chi connectivity index (χ1) is 8.15. The Labute approximate surface area is 112 Å². The van der Waals surface area contributed by atoms with E-state index in [4.69, 9.17) is 5.73 Å². The van der Waals surface area contributed by atoms with Crippen molar-refractivity contribution in [3.63, 3.8) is 0 Å². The van der Waals surface area contributed by atoms with Gasteiger partial charge in [-0.3, -0.25) is 4.79 Å². The van der Waals surface area contributed by atoms with Crippen molar-refractivity contribution in [2.45, 2.75) is 6.54 Å². The van der Waals surface area contributed by atoms with Crippen molar-refractivity contribution in [2.75, 3.05) is 5.73 Å². The summed E-state index contributed by atoms with van der Waals surface area (Å²) in [6, 6.07) is 8.87. The van der Waals surface area contributed by atoms with E-state index in [1.807, 2.05) is 11.4 Å². The topological polar surface area (TPSA) is 55.1 Å². The van der Waals surface area contributed by atoms with Crippen LogP contribution < -0.4 is 11.1 Å². The summed E-state index contributed by atoms with van der Waals surface area (Å²) >= 11 is 4.98. The van der Waals surface area contributed by atoms with Gasteiger partial charge in [-0.15, -0.1) is 11.3 Å². The van der Waals surface area contributed by atoms with Crippen LogP contribution >= 0.6 is 27.3 Å². The summed E-state index contributed by atoms with van der Waals surface area (Å²) in [5, 5.41) is 4.85. The Kier molecular flexibility index (Phi) is 3.81. The van der Waals surface area contributed by atoms with Gasteiger partial charge in [-0.05, 0) is 46.3 Å². The molecule has 17 heavy (non-hydrogen) atoms. The van der Waals surface area contributed by atoms with Crippen LogP contribution in [0.3, 0.4) is 0 Å². The number of hydrogen-bond acceptors (Lipinski definition) is 3. The van der Waals surface area contributed by atoms with Crippen LogP contribution in [0.1, 0.15) is 15.2 Å². The highest BCUT2D eigenvalue weighted by molar-refractivity contribution is 9.10. The monoisotopic (exact) mass is 310 g/mol. The maximum absolute atomic E-state index is 11.8. The molecule has 2 aromatic rings. The molecule has 0 aliphatic carbocycles. The van der Waals surface area contributed by atoms with Crippen molar-refractivity contribution in [1.82, 2.24) is 5.32 Å². The van der Waals surface area contributed by atoms with E-state index in [9.17, 15) is 4.79 Å². The van der Waals surface area contributed by atoms with Gasteiger partial charge in [0.15, 0.2) is 0 Å². The van der Waals surface area contributed by atoms with Crippen LogP contribution in [0.15, 0.2) is 40.2 Å². The number of thiophene rings is 1. The number of nitrogen functional groups attached to an aromatic ring is 1. The van der Waals surface area contributed by atoms with Gasteiger partial charge in [-0.1, -0.05) is 0 Å². The number of nitrogens with two attached hydrogens (primary N) is 1. The lowest BCUT2D eigenvalue weighted by Gasteiger charge is -2.03. The second-order valence-electron chi connectivity index (χ2n) is 3.54. The Morgan fingerprint density at radius 2 is 2.06 bits per heavy atom. The van der Waals surface area contributed by atoms with Crippen LogP contribution in [0.5, 0.6) is 0 Å². The van der Waals surface area contributed by atoms with Crippen LogP contribution in [-0.4, -0.2) is 5.91 Å². The van der Waals surface area contributed by atoms with Gasteiger partial charge >= 0.3 is 0 Å². The molecule has 3 nitrogen and oxygen atoms in total. The standard InChI is InChI=1S/C12H11BrN2OS/c13-9-5-11(17-7-9)6-15-12(16)8-1-3-10(14)4-2-8/h1-5,7H,6,14H2,(H,15,16). The summed E-state index contributed by atoms with van der Waals surface area (Å²) in [5.41, 5.74) is 6.84. The quantitative estimate of drug-likeness (QED) is 0.856. The van der Waals surface area contributed by atoms with Gasteiger partial charge < -0.3 is 11.1 Å². The molecule has 1 amide bonds. The third-order valence-corrected chi connectivity index (χ3v) is 3.92. The Hall–Kier alpha value is -1.33. The number of halogens is 1. The molecule has 0 saturated carbocycles. The molecule has 0 unspecified atom stereocenters. The van der Waals surface area contributed by atoms with Crippen LogP contribution in [0.4, 0.5) is 5.69 Å². The fourth-order valence-electron chi connectivity index (χ4n) is 1.35. The van der Waals surface area contributed by atoms with Crippen LogP contribution in [-0.2, 0) is 6.54 Å². The SMILES string of the molecule is Nc1ccc(C(=O)NCc2cc(Br)cs2)cc1. The highest BCUT2D eigenvalue weighted by Gasteiger charge is 2.05. The van der Waals surface area contributed by atoms with E-state index in [-0.39, 0.29) is 5.91 Å². The Bertz CT molecular complexity index is 522. The van der Waals surface area contributed by atoms with Crippen molar-refractivity contribution in [1.29, 1.82) is 0 Å². The van der Waals surface area contributed by atoms with Crippen molar-refractivity contribution in [3.05, 3.63) is 50.6 Å². The fourth-order valence-corrected chi connectivity index (χ4v) is 2.74. The Balaban J connectivity index is 1.95. The van der Waals surface area contributed by atoms with Crippen molar-refractivity contribution < 1.29 is 4.79 Å². The van der Waals surface area contributed by atoms with Crippen molar-refractivity contribution >= 4 is 38.9 Å². The molecule has 0 radical (unpaired) electrons. The first-order valence-electron chi connectivity index (χ1n) is 5.02. The van der Waals surface area contributed by atoms with Gasteiger partial charge in [-0.2, -0.15) is 0 Å². The minimum Gasteiger partial charge on any atom is -0.399 e. The van der Waals surface area contributed by atoms with E-state index < -0.39 is 0 Å². The zero-order valence-corrected chi connectivity index (χ0v) is 11.3. The average Bonchev–Trinajstić information content (AvgIpc) is 2.73. The lowest BCUT2D eigenvalue weighted by atomic mass is 10.2. The second-order valence-corrected chi connectivity index (χ2v) is 5.45. The molecule has 0 aliphatic rings. The number of anilines is 1. The van der Waals surface area contributed by atoms with Gasteiger partial charge in [0.25, 0.3) is 5.91 Å². The van der Waals surface area contributed by atoms with Gasteiger partial charge in [-0.25, -0.2) is 0 Å². The van der Waals surface area contributed by atoms with Gasteiger partial charge in [0.2, 0.25) is 0 Å². The number of amides is 1. The molecule has 0 saturated heterocycles. The highest BCUT2D eigenvalue weighted by atomic mass is 79.9. The minimum atomic E-state index is -0.0884. The first kappa shape index (κ1) is 12.1. The molecule has 0 atom stereocenters. The molecular weight excluding hydrogens is 300 g/mol. The number of hydrogen-bond donors (Lipinski definition) is 2. The third-order valence-electron chi connectivity index (χ3n) is 2.22. The minimum absolute atomic E-state index is 0.0884. The summed E-state index contributed by atoms with van der Waals surface area (Å²) in [7, 11) is 0. The number of carbonyl (C=O) groups is 1. The van der Waals surface area contributed by atoms with Gasteiger partial charge in [0.05, 0.1) is 6.54 Å². The zero-order chi connectivity index (χ0) is 12.3. The number of carbonyl (C=O) groups excluding carboxylic acids is 1. The molecular formula is C12H11BrN2OS. The average molecular weight is 311 g/mol. The normalized spacial score (nSPS) is 10.2. The molecule has 1 aromatic carbocycles. The first-order valence-corrected chi connectivity index (χ1v) is 6.69. The number of nitrogens with one attached hydrogen (secondary N) is 1. The summed E-state index contributed by atoms with van der Waals surface area (Å²) in [5.74, 6) is -0.0884. The van der Waals surface area contributed by atoms with E-state index >= 15 is 0 Å². The summed E-state index contributed by atoms with van der Waals surface area (Å²) in [4.78, 5) is 12.9. The molecule has 3 N–H and O–H groups in total. The van der Waals surface area contributed by atoms with E-state index in [1.165, 1.54) is 0 Å². The maximum Gasteiger partial charge on any atom is 0.251 e. The van der Waals surface area contributed by atoms with Gasteiger partial charge in [0, 0.05) is 26.0 Å². The third kappa shape index (κ3) is 3.31. The molecule has 1 heterocycles. The van der Waals surface area contributed by atoms with E-state index in [0.717, 1.165) is 9.35 Å². The van der Waals surface area contributed by atoms with Crippen LogP contribution in [0, 0.1) is 0 Å². The van der Waals surface area contributed by atoms with Crippen molar-refractivity contribution in [3.8, 4) is 0 Å². The molecule has 2 rings (SSSR count). The molecule has 0 bridgehead atoms. The Morgan fingerprint density at radius 3 is 2.65 bits per heavy atom. The lowest BCUT2D eigenvalue weighted by Crippen LogP contribution is -2.22. The van der Waals surface area contributed by atoms with Crippen LogP contribution in [0.25, 0.3) is 0 Å². The maximum atomic E-state index is 11.8. The Morgan fingerprint density at radius 1 is 1.35 bits per heavy atom. The molecule has 88 valence electrons. The largest absolute Gasteiger partial charge is 0.399 e. The zero-order valence-electron chi connectivity index (χ0n) is 8.94. The smallest absolute Gasteiger partial charge is 0.251 e. The lowest BCUT2D eigenvalue weighted by molar-refractivity contribution is 0.0951. The fraction of sp³-hybridized carbons (Fsp3) is 0.0833. The summed E-state index contributed by atoms with van der Waals surface area (Å²) < 4.78 is 1.04. The highest BCUT2D eigenvalue weighted by Crippen LogP contribution is 2.19. The number of benzene rings is 1. The van der Waals surface area contributed by atoms with E-state index in [1.54, 1.807) is 35.6 Å². The molecule has 1 aromatic heterocycles. The predicted molar refractivity (Wildman–Crippen MR) is 74.0 cm³/mol. The molecule has 0 fully saturated rings. The molecule has 0 spiro atoms. The molecule has 5 heteroatoms. The number of rotatable bonds is 3. The van der Waals surface area contributed by atoms with Gasteiger partial charge in [0.1, 0.15) is 0 Å². The molecule has 0 aliphatic heterocycles. The second kappa shape index (κ2) is 5.33. The van der Waals surface area contributed by atoms with E-state index in [0.29, 0.717) is 17.8 Å². The summed E-state index contributed by atoms with van der Waals surface area (Å²) in [6.45, 7) is 0.541. The van der Waals surface area contributed by atoms with Crippen molar-refractivity contribution in [2.24, 2.45) is 0 Å². The summed E-state index contributed by atoms with van der Waals surface area (Å²) in [6.07, 6.45) is 0. The predicted octanol–water partition coefficient (Wildman–Crippen LogP) is 3.02. The van der Waals surface area contributed by atoms with E-state index in [2.05, 4.69) is 21.2 Å². The van der Waals surface area contributed by atoms with Crippen LogP contribution in [0.2, 0.25) is 0 Å².